The second-order valence-electron chi connectivity index (χ2n) is 4.67. The molecule has 8 heteroatoms. The van der Waals surface area contributed by atoms with Crippen molar-refractivity contribution in [2.45, 2.75) is 24.9 Å². The number of carbonyl (C=O) groups is 2. The predicted octanol–water partition coefficient (Wildman–Crippen LogP) is -1.10. The number of aromatic amines is 1. The number of nitrogens with one attached hydrogen (secondary N) is 3. The molecule has 4 N–H and O–H groups in total. The number of carboxylic acid groups (broad SMARTS) is 1. The predicted molar refractivity (Wildman–Crippen MR) is 69.1 cm³/mol. The molecule has 1 aliphatic rings. The van der Waals surface area contributed by atoms with Gasteiger partial charge in [0.25, 0.3) is 0 Å². The van der Waals surface area contributed by atoms with E-state index >= 15 is 0 Å². The number of hydrogen-bond acceptors (Lipinski definition) is 5. The Balaban J connectivity index is 1.83. The summed E-state index contributed by atoms with van der Waals surface area (Å²) in [6.07, 6.45) is 3.39. The molecule has 8 nitrogen and oxygen atoms in total. The molecule has 0 aliphatic carbocycles. The Morgan fingerprint density at radius 2 is 2.45 bits per heavy atom. The summed E-state index contributed by atoms with van der Waals surface area (Å²) in [6.45, 7) is 1.80. The van der Waals surface area contributed by atoms with Crippen molar-refractivity contribution in [1.82, 2.24) is 20.6 Å². The van der Waals surface area contributed by atoms with Crippen LogP contribution in [0.5, 0.6) is 0 Å². The molecule has 1 aromatic rings. The molecule has 1 saturated heterocycles. The Hall–Kier alpha value is -1.93. The van der Waals surface area contributed by atoms with Crippen LogP contribution in [0, 0.1) is 0 Å². The third-order valence-electron chi connectivity index (χ3n) is 3.04. The van der Waals surface area contributed by atoms with Crippen molar-refractivity contribution in [2.24, 2.45) is 0 Å². The lowest BCUT2D eigenvalue weighted by molar-refractivity contribution is -0.142. The first-order chi connectivity index (χ1) is 9.65. The molecule has 1 fully saturated rings. The van der Waals surface area contributed by atoms with Crippen LogP contribution in [0.2, 0.25) is 0 Å². The van der Waals surface area contributed by atoms with E-state index in [-0.39, 0.29) is 24.8 Å². The van der Waals surface area contributed by atoms with E-state index in [1.54, 1.807) is 6.20 Å². The number of H-pyrrole nitrogens is 1. The number of nitrogens with zero attached hydrogens (tertiary/aromatic N) is 1. The Morgan fingerprint density at radius 3 is 3.05 bits per heavy atom. The zero-order valence-electron chi connectivity index (χ0n) is 11.0. The van der Waals surface area contributed by atoms with Gasteiger partial charge in [-0.2, -0.15) is 0 Å². The van der Waals surface area contributed by atoms with E-state index in [9.17, 15) is 9.59 Å². The van der Waals surface area contributed by atoms with Gasteiger partial charge in [0.15, 0.2) is 0 Å². The highest BCUT2D eigenvalue weighted by Gasteiger charge is 2.23. The third kappa shape index (κ3) is 4.32. The molecule has 1 aliphatic heterocycles. The molecular weight excluding hydrogens is 264 g/mol. The van der Waals surface area contributed by atoms with Gasteiger partial charge in [-0.1, -0.05) is 0 Å². The summed E-state index contributed by atoms with van der Waals surface area (Å²) in [4.78, 5) is 29.7. The van der Waals surface area contributed by atoms with E-state index in [1.807, 2.05) is 0 Å². The molecule has 20 heavy (non-hydrogen) atoms. The summed E-state index contributed by atoms with van der Waals surface area (Å²) in [5.41, 5.74) is 0.664. The zero-order valence-corrected chi connectivity index (χ0v) is 11.0. The van der Waals surface area contributed by atoms with Crippen LogP contribution in [0.25, 0.3) is 0 Å². The van der Waals surface area contributed by atoms with E-state index in [1.165, 1.54) is 6.33 Å². The van der Waals surface area contributed by atoms with Gasteiger partial charge in [0.05, 0.1) is 19.5 Å². The smallest absolute Gasteiger partial charge is 0.326 e. The molecule has 1 aromatic heterocycles. The summed E-state index contributed by atoms with van der Waals surface area (Å²) in [6, 6.07) is -1.03. The van der Waals surface area contributed by atoms with E-state index < -0.39 is 12.0 Å². The first kappa shape index (κ1) is 14.5. The highest BCUT2D eigenvalue weighted by Crippen LogP contribution is 2.02. The van der Waals surface area contributed by atoms with Gasteiger partial charge in [0.2, 0.25) is 5.91 Å². The summed E-state index contributed by atoms with van der Waals surface area (Å²) in [5.74, 6) is -1.37. The van der Waals surface area contributed by atoms with Crippen LogP contribution >= 0.6 is 0 Å². The molecular formula is C12H18N4O4. The SMILES string of the molecule is O=C(CC1COCCN1)N[C@H](Cc1cnc[nH]1)C(=O)O. The van der Waals surface area contributed by atoms with E-state index in [2.05, 4.69) is 20.6 Å². The first-order valence-electron chi connectivity index (χ1n) is 6.45. The van der Waals surface area contributed by atoms with Gasteiger partial charge >= 0.3 is 5.97 Å². The molecule has 0 bridgehead atoms. The molecule has 2 heterocycles. The minimum atomic E-state index is -1.07. The lowest BCUT2D eigenvalue weighted by Gasteiger charge is -2.24. The largest absolute Gasteiger partial charge is 0.480 e. The number of carbonyl (C=O) groups excluding carboxylic acids is 1. The summed E-state index contributed by atoms with van der Waals surface area (Å²) < 4.78 is 5.25. The third-order valence-corrected chi connectivity index (χ3v) is 3.04. The molecule has 1 unspecified atom stereocenters. The van der Waals surface area contributed by atoms with Crippen LogP contribution < -0.4 is 10.6 Å². The highest BCUT2D eigenvalue weighted by molar-refractivity contribution is 5.84. The minimum Gasteiger partial charge on any atom is -0.480 e. The molecule has 0 radical (unpaired) electrons. The molecule has 0 aromatic carbocycles. The average molecular weight is 282 g/mol. The van der Waals surface area contributed by atoms with Crippen LogP contribution in [0.1, 0.15) is 12.1 Å². The standard InChI is InChI=1S/C12H18N4O4/c17-11(4-9-6-20-2-1-14-9)16-10(12(18)19)3-8-5-13-7-15-8/h5,7,9-10,14H,1-4,6H2,(H,13,15)(H,16,17)(H,18,19)/t9?,10-/m1/s1. The molecule has 1 amide bonds. The molecule has 0 spiro atoms. The van der Waals surface area contributed by atoms with Gasteiger partial charge in [0, 0.05) is 37.3 Å². The van der Waals surface area contributed by atoms with Crippen molar-refractivity contribution in [1.29, 1.82) is 0 Å². The van der Waals surface area contributed by atoms with Gasteiger partial charge in [-0.25, -0.2) is 9.78 Å². The Kier molecular flexibility index (Phi) is 5.08. The van der Waals surface area contributed by atoms with E-state index in [0.717, 1.165) is 0 Å². The van der Waals surface area contributed by atoms with Crippen molar-refractivity contribution in [3.8, 4) is 0 Å². The monoisotopic (exact) mass is 282 g/mol. The van der Waals surface area contributed by atoms with Crippen molar-refractivity contribution < 1.29 is 19.4 Å². The van der Waals surface area contributed by atoms with E-state index in [4.69, 9.17) is 9.84 Å². The number of carboxylic acids is 1. The van der Waals surface area contributed by atoms with Crippen LogP contribution in [-0.4, -0.2) is 58.8 Å². The maximum atomic E-state index is 11.9. The van der Waals surface area contributed by atoms with Gasteiger partial charge in [0.1, 0.15) is 6.04 Å². The van der Waals surface area contributed by atoms with Crippen LogP contribution in [-0.2, 0) is 20.7 Å². The zero-order chi connectivity index (χ0) is 14.4. The second kappa shape index (κ2) is 7.01. The average Bonchev–Trinajstić information content (AvgIpc) is 2.92. The van der Waals surface area contributed by atoms with Crippen molar-refractivity contribution in [3.63, 3.8) is 0 Å². The lowest BCUT2D eigenvalue weighted by Crippen LogP contribution is -2.48. The first-order valence-corrected chi connectivity index (χ1v) is 6.45. The van der Waals surface area contributed by atoms with Crippen LogP contribution in [0.4, 0.5) is 0 Å². The number of morpholine rings is 1. The van der Waals surface area contributed by atoms with Crippen LogP contribution in [0.15, 0.2) is 12.5 Å². The number of imidazole rings is 1. The number of aliphatic carboxylic acids is 1. The highest BCUT2D eigenvalue weighted by atomic mass is 16.5. The number of rotatable bonds is 6. The normalized spacial score (nSPS) is 20.3. The number of ether oxygens (including phenoxy) is 1. The topological polar surface area (TPSA) is 116 Å². The van der Waals surface area contributed by atoms with Crippen molar-refractivity contribution >= 4 is 11.9 Å². The lowest BCUT2D eigenvalue weighted by atomic mass is 10.1. The quantitative estimate of drug-likeness (QED) is 0.526. The number of hydrogen-bond donors (Lipinski definition) is 4. The molecule has 0 saturated carbocycles. The number of aromatic nitrogens is 2. The maximum Gasteiger partial charge on any atom is 0.326 e. The minimum absolute atomic E-state index is 0.0645. The Morgan fingerprint density at radius 1 is 1.60 bits per heavy atom. The molecule has 2 rings (SSSR count). The van der Waals surface area contributed by atoms with E-state index in [0.29, 0.717) is 25.5 Å². The fraction of sp³-hybridized carbons (Fsp3) is 0.583. The van der Waals surface area contributed by atoms with Gasteiger partial charge in [-0.15, -0.1) is 0 Å². The van der Waals surface area contributed by atoms with Gasteiger partial charge < -0.3 is 25.5 Å². The summed E-state index contributed by atoms with van der Waals surface area (Å²) in [5, 5.41) is 14.8. The fourth-order valence-electron chi connectivity index (χ4n) is 2.04. The molecule has 2 atom stereocenters. The fourth-order valence-corrected chi connectivity index (χ4v) is 2.04. The van der Waals surface area contributed by atoms with Crippen molar-refractivity contribution in [2.75, 3.05) is 19.8 Å². The summed E-state index contributed by atoms with van der Waals surface area (Å²) in [7, 11) is 0. The maximum absolute atomic E-state index is 11.9. The van der Waals surface area contributed by atoms with Gasteiger partial charge in [-0.05, 0) is 0 Å². The summed E-state index contributed by atoms with van der Waals surface area (Å²) >= 11 is 0. The molecule has 110 valence electrons. The Labute approximate surface area is 115 Å². The van der Waals surface area contributed by atoms with Gasteiger partial charge in [-0.3, -0.25) is 4.79 Å². The number of amides is 1. The Bertz CT molecular complexity index is 442. The van der Waals surface area contributed by atoms with Crippen LogP contribution in [0.3, 0.4) is 0 Å². The second-order valence-corrected chi connectivity index (χ2v) is 4.67. The van der Waals surface area contributed by atoms with Crippen molar-refractivity contribution in [3.05, 3.63) is 18.2 Å².